The van der Waals surface area contributed by atoms with Gasteiger partial charge in [-0.25, -0.2) is 4.79 Å². The van der Waals surface area contributed by atoms with Gasteiger partial charge in [0.25, 0.3) is 0 Å². The van der Waals surface area contributed by atoms with E-state index in [1.54, 1.807) is 0 Å². The SMILES string of the molecule is CC(=O)NCCC(=O)Nc1ccc(C(=O)O)s1. The molecule has 0 aromatic carbocycles. The lowest BCUT2D eigenvalue weighted by Crippen LogP contribution is -2.25. The second kappa shape index (κ2) is 6.00. The Morgan fingerprint density at radius 2 is 2.06 bits per heavy atom. The van der Waals surface area contributed by atoms with Gasteiger partial charge in [-0.3, -0.25) is 9.59 Å². The van der Waals surface area contributed by atoms with Crippen LogP contribution in [0.15, 0.2) is 12.1 Å². The van der Waals surface area contributed by atoms with Crippen LogP contribution in [-0.4, -0.2) is 29.4 Å². The van der Waals surface area contributed by atoms with E-state index < -0.39 is 5.97 Å². The third-order valence-corrected chi connectivity index (χ3v) is 2.79. The predicted octanol–water partition coefficient (Wildman–Crippen LogP) is 0.911. The van der Waals surface area contributed by atoms with Crippen LogP contribution in [0.1, 0.15) is 23.0 Å². The lowest BCUT2D eigenvalue weighted by molar-refractivity contribution is -0.119. The summed E-state index contributed by atoms with van der Waals surface area (Å²) in [5.41, 5.74) is 0. The highest BCUT2D eigenvalue weighted by atomic mass is 32.1. The van der Waals surface area contributed by atoms with Gasteiger partial charge >= 0.3 is 5.97 Å². The maximum absolute atomic E-state index is 11.4. The largest absolute Gasteiger partial charge is 0.477 e. The summed E-state index contributed by atoms with van der Waals surface area (Å²) < 4.78 is 0. The van der Waals surface area contributed by atoms with Crippen LogP contribution >= 0.6 is 11.3 Å². The Balaban J connectivity index is 2.39. The van der Waals surface area contributed by atoms with Crippen molar-refractivity contribution >= 4 is 34.1 Å². The van der Waals surface area contributed by atoms with Gasteiger partial charge < -0.3 is 15.7 Å². The first-order valence-corrected chi connectivity index (χ1v) is 5.68. The van der Waals surface area contributed by atoms with Gasteiger partial charge in [0.05, 0.1) is 5.00 Å². The predicted molar refractivity (Wildman–Crippen MR) is 63.2 cm³/mol. The summed E-state index contributed by atoms with van der Waals surface area (Å²) in [6.07, 6.45) is 0.153. The average molecular weight is 256 g/mol. The number of carboxylic acids is 1. The van der Waals surface area contributed by atoms with E-state index >= 15 is 0 Å². The quantitative estimate of drug-likeness (QED) is 0.729. The van der Waals surface area contributed by atoms with Crippen LogP contribution in [0.2, 0.25) is 0 Å². The molecule has 3 N–H and O–H groups in total. The van der Waals surface area contributed by atoms with Crippen molar-refractivity contribution in [2.75, 3.05) is 11.9 Å². The monoisotopic (exact) mass is 256 g/mol. The first-order valence-electron chi connectivity index (χ1n) is 4.86. The summed E-state index contributed by atoms with van der Waals surface area (Å²) in [6.45, 7) is 1.63. The van der Waals surface area contributed by atoms with Gasteiger partial charge in [0.2, 0.25) is 11.8 Å². The van der Waals surface area contributed by atoms with Crippen LogP contribution in [0.4, 0.5) is 5.00 Å². The van der Waals surface area contributed by atoms with Crippen LogP contribution in [0.25, 0.3) is 0 Å². The highest BCUT2D eigenvalue weighted by Crippen LogP contribution is 2.21. The first-order chi connectivity index (χ1) is 7.99. The zero-order valence-corrected chi connectivity index (χ0v) is 9.97. The number of rotatable bonds is 5. The molecule has 0 radical (unpaired) electrons. The van der Waals surface area contributed by atoms with Crippen LogP contribution < -0.4 is 10.6 Å². The Kier molecular flexibility index (Phi) is 4.65. The van der Waals surface area contributed by atoms with E-state index in [1.807, 2.05) is 0 Å². The number of aromatic carboxylic acids is 1. The third-order valence-electron chi connectivity index (χ3n) is 1.81. The summed E-state index contributed by atoms with van der Waals surface area (Å²) in [7, 11) is 0. The number of nitrogens with one attached hydrogen (secondary N) is 2. The molecular weight excluding hydrogens is 244 g/mol. The molecule has 1 rings (SSSR count). The fraction of sp³-hybridized carbons (Fsp3) is 0.300. The summed E-state index contributed by atoms with van der Waals surface area (Å²) >= 11 is 0.990. The molecule has 6 nitrogen and oxygen atoms in total. The summed E-state index contributed by atoms with van der Waals surface area (Å²) in [5.74, 6) is -1.48. The number of amides is 2. The number of anilines is 1. The molecule has 0 aliphatic carbocycles. The molecule has 2 amide bonds. The molecule has 0 unspecified atom stereocenters. The Morgan fingerprint density at radius 3 is 2.59 bits per heavy atom. The van der Waals surface area contributed by atoms with Crippen LogP contribution in [-0.2, 0) is 9.59 Å². The molecular formula is C10H12N2O4S. The molecule has 1 aromatic rings. The summed E-state index contributed by atoms with van der Waals surface area (Å²) in [4.78, 5) is 32.7. The fourth-order valence-corrected chi connectivity index (χ4v) is 1.83. The van der Waals surface area contributed by atoms with Crippen molar-refractivity contribution in [2.45, 2.75) is 13.3 Å². The zero-order valence-electron chi connectivity index (χ0n) is 9.15. The average Bonchev–Trinajstić information content (AvgIpc) is 2.65. The van der Waals surface area contributed by atoms with Crippen LogP contribution in [0.3, 0.4) is 0 Å². The van der Waals surface area contributed by atoms with E-state index in [-0.39, 0.29) is 29.7 Å². The van der Waals surface area contributed by atoms with E-state index in [4.69, 9.17) is 5.11 Å². The number of carboxylic acid groups (broad SMARTS) is 1. The Hall–Kier alpha value is -1.89. The second-order valence-electron chi connectivity index (χ2n) is 3.25. The highest BCUT2D eigenvalue weighted by molar-refractivity contribution is 7.18. The maximum atomic E-state index is 11.4. The minimum atomic E-state index is -1.02. The highest BCUT2D eigenvalue weighted by Gasteiger charge is 2.09. The maximum Gasteiger partial charge on any atom is 0.345 e. The number of hydrogen-bond acceptors (Lipinski definition) is 4. The number of carbonyl (C=O) groups is 3. The molecule has 92 valence electrons. The molecule has 17 heavy (non-hydrogen) atoms. The van der Waals surface area contributed by atoms with Crippen molar-refractivity contribution in [3.63, 3.8) is 0 Å². The Bertz CT molecular complexity index is 441. The van der Waals surface area contributed by atoms with Crippen molar-refractivity contribution in [3.05, 3.63) is 17.0 Å². The second-order valence-corrected chi connectivity index (χ2v) is 4.33. The number of thiophene rings is 1. The molecule has 0 spiro atoms. The van der Waals surface area contributed by atoms with E-state index in [9.17, 15) is 14.4 Å². The summed E-state index contributed by atoms with van der Waals surface area (Å²) in [6, 6.07) is 2.96. The molecule has 0 aliphatic rings. The molecule has 0 aliphatic heterocycles. The number of hydrogen-bond donors (Lipinski definition) is 3. The lowest BCUT2D eigenvalue weighted by Gasteiger charge is -2.02. The first kappa shape index (κ1) is 13.2. The lowest BCUT2D eigenvalue weighted by atomic mass is 10.4. The zero-order chi connectivity index (χ0) is 12.8. The van der Waals surface area contributed by atoms with Gasteiger partial charge in [-0.2, -0.15) is 0 Å². The van der Waals surface area contributed by atoms with E-state index in [0.717, 1.165) is 11.3 Å². The minimum Gasteiger partial charge on any atom is -0.477 e. The van der Waals surface area contributed by atoms with E-state index in [2.05, 4.69) is 10.6 Å². The van der Waals surface area contributed by atoms with Gasteiger partial charge in [0.1, 0.15) is 4.88 Å². The van der Waals surface area contributed by atoms with Crippen LogP contribution in [0, 0.1) is 0 Å². The molecule has 7 heteroatoms. The van der Waals surface area contributed by atoms with Gasteiger partial charge in [-0.05, 0) is 12.1 Å². The Morgan fingerprint density at radius 1 is 1.35 bits per heavy atom. The summed E-state index contributed by atoms with van der Waals surface area (Å²) in [5, 5.41) is 14.2. The van der Waals surface area contributed by atoms with E-state index in [1.165, 1.54) is 19.1 Å². The van der Waals surface area contributed by atoms with Crippen LogP contribution in [0.5, 0.6) is 0 Å². The molecule has 1 aromatic heterocycles. The van der Waals surface area contributed by atoms with Crippen molar-refractivity contribution in [3.8, 4) is 0 Å². The van der Waals surface area contributed by atoms with Crippen molar-refractivity contribution < 1.29 is 19.5 Å². The standard InChI is InChI=1S/C10H12N2O4S/c1-6(13)11-5-4-8(14)12-9-3-2-7(17-9)10(15)16/h2-3H,4-5H2,1H3,(H,11,13)(H,12,14)(H,15,16). The Labute approximate surface area is 102 Å². The molecule has 1 heterocycles. The number of carbonyl (C=O) groups excluding carboxylic acids is 2. The van der Waals surface area contributed by atoms with Gasteiger partial charge in [-0.1, -0.05) is 0 Å². The normalized spacial score (nSPS) is 9.71. The van der Waals surface area contributed by atoms with Crippen molar-refractivity contribution in [1.29, 1.82) is 0 Å². The van der Waals surface area contributed by atoms with Crippen molar-refractivity contribution in [2.24, 2.45) is 0 Å². The fourth-order valence-electron chi connectivity index (χ4n) is 1.07. The molecule has 0 bridgehead atoms. The molecule has 0 saturated carbocycles. The van der Waals surface area contributed by atoms with Crippen molar-refractivity contribution in [1.82, 2.24) is 5.32 Å². The third kappa shape index (κ3) is 4.64. The minimum absolute atomic E-state index is 0.153. The smallest absolute Gasteiger partial charge is 0.345 e. The molecule has 0 atom stereocenters. The molecule has 0 fully saturated rings. The van der Waals surface area contributed by atoms with Gasteiger partial charge in [0, 0.05) is 19.9 Å². The topological polar surface area (TPSA) is 95.5 Å². The molecule has 0 saturated heterocycles. The van der Waals surface area contributed by atoms with Gasteiger partial charge in [-0.15, -0.1) is 11.3 Å². The van der Waals surface area contributed by atoms with Gasteiger partial charge in [0.15, 0.2) is 0 Å². The van der Waals surface area contributed by atoms with E-state index in [0.29, 0.717) is 5.00 Å².